The van der Waals surface area contributed by atoms with Gasteiger partial charge in [0.2, 0.25) is 0 Å². The summed E-state index contributed by atoms with van der Waals surface area (Å²) in [4.78, 5) is 0. The fourth-order valence-corrected chi connectivity index (χ4v) is 1.56. The predicted molar refractivity (Wildman–Crippen MR) is 53.5 cm³/mol. The Labute approximate surface area is 80.3 Å². The van der Waals surface area contributed by atoms with E-state index < -0.39 is 11.2 Å². The minimum absolute atomic E-state index is 0.594. The predicted octanol–water partition coefficient (Wildman–Crippen LogP) is 2.01. The van der Waals surface area contributed by atoms with Gasteiger partial charge in [0.15, 0.2) is 0 Å². The zero-order chi connectivity index (χ0) is 10.1. The quantitative estimate of drug-likeness (QED) is 0.659. The average Bonchev–Trinajstić information content (AvgIpc) is 2.35. The zero-order valence-electron chi connectivity index (χ0n) is 8.80. The smallest absolute Gasteiger partial charge is 0.0936 e. The van der Waals surface area contributed by atoms with Gasteiger partial charge in [-0.05, 0) is 46.5 Å². The highest BCUT2D eigenvalue weighted by molar-refractivity contribution is 5.12. The molecule has 0 saturated carbocycles. The van der Waals surface area contributed by atoms with Crippen LogP contribution >= 0.6 is 0 Å². The minimum atomic E-state index is -1.03. The van der Waals surface area contributed by atoms with Crippen LogP contribution in [0, 0.1) is 0 Å². The zero-order valence-corrected chi connectivity index (χ0v) is 8.80. The molecule has 0 fully saturated rings. The lowest BCUT2D eigenvalue weighted by atomic mass is 9.82. The standard InChI is InChI=1S/C11H20O2/c1-10(2,12)11(3,13)8-9-6-4-5-7-9/h6,12-13H,4-5,7-8H2,1-3H3. The van der Waals surface area contributed by atoms with Crippen molar-refractivity contribution in [3.05, 3.63) is 11.6 Å². The van der Waals surface area contributed by atoms with Crippen molar-refractivity contribution >= 4 is 0 Å². The lowest BCUT2D eigenvalue weighted by Gasteiger charge is -2.36. The molecule has 2 N–H and O–H groups in total. The highest BCUT2D eigenvalue weighted by Crippen LogP contribution is 2.32. The van der Waals surface area contributed by atoms with Crippen molar-refractivity contribution in [3.63, 3.8) is 0 Å². The molecular formula is C11H20O2. The maximum absolute atomic E-state index is 10.0. The Morgan fingerprint density at radius 1 is 1.31 bits per heavy atom. The molecule has 1 rings (SSSR count). The summed E-state index contributed by atoms with van der Waals surface area (Å²) in [7, 11) is 0. The summed E-state index contributed by atoms with van der Waals surface area (Å²) >= 11 is 0. The molecule has 2 heteroatoms. The molecule has 0 aliphatic heterocycles. The summed E-state index contributed by atoms with van der Waals surface area (Å²) in [6.07, 6.45) is 6.16. The first-order valence-corrected chi connectivity index (χ1v) is 4.95. The van der Waals surface area contributed by atoms with Crippen LogP contribution in [0.15, 0.2) is 11.6 Å². The van der Waals surface area contributed by atoms with Crippen molar-refractivity contribution in [2.45, 2.75) is 57.7 Å². The lowest BCUT2D eigenvalue weighted by molar-refractivity contribution is -0.118. The van der Waals surface area contributed by atoms with E-state index in [1.165, 1.54) is 12.0 Å². The van der Waals surface area contributed by atoms with Crippen LogP contribution in [0.4, 0.5) is 0 Å². The van der Waals surface area contributed by atoms with Gasteiger partial charge in [-0.3, -0.25) is 0 Å². The van der Waals surface area contributed by atoms with E-state index in [-0.39, 0.29) is 0 Å². The SMILES string of the molecule is CC(C)(O)C(C)(O)CC1=CCCC1. The monoisotopic (exact) mass is 184 g/mol. The van der Waals surface area contributed by atoms with Gasteiger partial charge in [0.25, 0.3) is 0 Å². The number of rotatable bonds is 3. The normalized spacial score (nSPS) is 22.7. The summed E-state index contributed by atoms with van der Waals surface area (Å²) in [5, 5.41) is 19.7. The maximum atomic E-state index is 10.0. The molecule has 1 aliphatic rings. The third kappa shape index (κ3) is 2.55. The van der Waals surface area contributed by atoms with Crippen LogP contribution < -0.4 is 0 Å². The molecule has 0 amide bonds. The van der Waals surface area contributed by atoms with Crippen LogP contribution in [0.25, 0.3) is 0 Å². The molecule has 0 aromatic rings. The summed E-state index contributed by atoms with van der Waals surface area (Å²) in [6, 6.07) is 0. The summed E-state index contributed by atoms with van der Waals surface area (Å²) in [5.41, 5.74) is -0.758. The Hall–Kier alpha value is -0.340. The topological polar surface area (TPSA) is 40.5 Å². The van der Waals surface area contributed by atoms with Gasteiger partial charge >= 0.3 is 0 Å². The van der Waals surface area contributed by atoms with E-state index in [0.717, 1.165) is 12.8 Å². The molecular weight excluding hydrogens is 164 g/mol. The third-order valence-electron chi connectivity index (χ3n) is 3.02. The van der Waals surface area contributed by atoms with Gasteiger partial charge < -0.3 is 10.2 Å². The van der Waals surface area contributed by atoms with Crippen LogP contribution in [0.5, 0.6) is 0 Å². The van der Waals surface area contributed by atoms with Crippen molar-refractivity contribution in [2.24, 2.45) is 0 Å². The molecule has 1 atom stereocenters. The summed E-state index contributed by atoms with van der Waals surface area (Å²) < 4.78 is 0. The Bertz CT molecular complexity index is 209. The third-order valence-corrected chi connectivity index (χ3v) is 3.02. The molecule has 2 nitrogen and oxygen atoms in total. The van der Waals surface area contributed by atoms with Crippen LogP contribution in [0.3, 0.4) is 0 Å². The van der Waals surface area contributed by atoms with E-state index in [0.29, 0.717) is 6.42 Å². The molecule has 0 bridgehead atoms. The molecule has 76 valence electrons. The van der Waals surface area contributed by atoms with Gasteiger partial charge in [0, 0.05) is 0 Å². The van der Waals surface area contributed by atoms with E-state index in [1.807, 2.05) is 0 Å². The maximum Gasteiger partial charge on any atom is 0.0936 e. The van der Waals surface area contributed by atoms with Crippen LogP contribution in [0.1, 0.15) is 46.5 Å². The van der Waals surface area contributed by atoms with Crippen molar-refractivity contribution in [1.82, 2.24) is 0 Å². The molecule has 0 radical (unpaired) electrons. The van der Waals surface area contributed by atoms with E-state index in [4.69, 9.17) is 0 Å². The van der Waals surface area contributed by atoms with Crippen molar-refractivity contribution in [1.29, 1.82) is 0 Å². The fourth-order valence-electron chi connectivity index (χ4n) is 1.56. The van der Waals surface area contributed by atoms with Crippen molar-refractivity contribution < 1.29 is 10.2 Å². The van der Waals surface area contributed by atoms with Crippen molar-refractivity contribution in [3.8, 4) is 0 Å². The van der Waals surface area contributed by atoms with E-state index in [2.05, 4.69) is 6.08 Å². The van der Waals surface area contributed by atoms with E-state index in [1.54, 1.807) is 20.8 Å². The van der Waals surface area contributed by atoms with Crippen LogP contribution in [0.2, 0.25) is 0 Å². The first kappa shape index (κ1) is 10.7. The van der Waals surface area contributed by atoms with Crippen LogP contribution in [-0.2, 0) is 0 Å². The summed E-state index contributed by atoms with van der Waals surface area (Å²) in [5.74, 6) is 0. The van der Waals surface area contributed by atoms with Gasteiger partial charge in [0.1, 0.15) is 0 Å². The molecule has 13 heavy (non-hydrogen) atoms. The largest absolute Gasteiger partial charge is 0.387 e. The Morgan fingerprint density at radius 2 is 1.92 bits per heavy atom. The number of hydrogen-bond acceptors (Lipinski definition) is 2. The van der Waals surface area contributed by atoms with Gasteiger partial charge in [-0.2, -0.15) is 0 Å². The second-order valence-electron chi connectivity index (χ2n) is 4.76. The van der Waals surface area contributed by atoms with Gasteiger partial charge in [-0.15, -0.1) is 0 Å². The number of aliphatic hydroxyl groups is 2. The molecule has 1 aliphatic carbocycles. The summed E-state index contributed by atoms with van der Waals surface area (Å²) in [6.45, 7) is 5.01. The second-order valence-corrected chi connectivity index (χ2v) is 4.76. The number of hydrogen-bond donors (Lipinski definition) is 2. The van der Waals surface area contributed by atoms with E-state index >= 15 is 0 Å². The highest BCUT2D eigenvalue weighted by Gasteiger charge is 2.38. The van der Waals surface area contributed by atoms with Gasteiger partial charge in [0.05, 0.1) is 11.2 Å². The molecule has 1 unspecified atom stereocenters. The molecule has 0 aromatic carbocycles. The average molecular weight is 184 g/mol. The molecule has 0 saturated heterocycles. The first-order valence-electron chi connectivity index (χ1n) is 4.95. The molecule has 0 aromatic heterocycles. The van der Waals surface area contributed by atoms with Gasteiger partial charge in [-0.1, -0.05) is 11.6 Å². The fraction of sp³-hybridized carbons (Fsp3) is 0.818. The number of allylic oxidation sites excluding steroid dienone is 1. The van der Waals surface area contributed by atoms with E-state index in [9.17, 15) is 10.2 Å². The second kappa shape index (κ2) is 3.43. The van der Waals surface area contributed by atoms with Gasteiger partial charge in [-0.25, -0.2) is 0 Å². The highest BCUT2D eigenvalue weighted by atomic mass is 16.3. The molecule has 0 spiro atoms. The lowest BCUT2D eigenvalue weighted by Crippen LogP contribution is -2.47. The Kier molecular flexibility index (Phi) is 2.83. The Balaban J connectivity index is 2.61. The molecule has 0 heterocycles. The Morgan fingerprint density at radius 3 is 2.31 bits per heavy atom. The minimum Gasteiger partial charge on any atom is -0.387 e. The van der Waals surface area contributed by atoms with Crippen molar-refractivity contribution in [2.75, 3.05) is 0 Å². The van der Waals surface area contributed by atoms with Crippen LogP contribution in [-0.4, -0.2) is 21.4 Å². The first-order chi connectivity index (χ1) is 5.83.